The maximum Gasteiger partial charge on any atom is 0.215 e. The van der Waals surface area contributed by atoms with Gasteiger partial charge in [-0.05, 0) is 19.9 Å². The van der Waals surface area contributed by atoms with Gasteiger partial charge in [0.1, 0.15) is 0 Å². The third-order valence-corrected chi connectivity index (χ3v) is 2.52. The molecule has 96 valence electrons. The fourth-order valence-electron chi connectivity index (χ4n) is 1.58. The standard InChI is InChI=1S/C12H21N3O2/c1-9(2)15(7-8-16-3)12-10(13)5-6-11(14-12)17-4/h5-6,9H,7-8,13H2,1-4H3. The van der Waals surface area contributed by atoms with Crippen molar-refractivity contribution in [1.29, 1.82) is 0 Å². The summed E-state index contributed by atoms with van der Waals surface area (Å²) in [7, 11) is 3.28. The van der Waals surface area contributed by atoms with Crippen LogP contribution in [0.4, 0.5) is 11.5 Å². The van der Waals surface area contributed by atoms with E-state index in [1.54, 1.807) is 20.3 Å². The Morgan fingerprint density at radius 3 is 2.59 bits per heavy atom. The van der Waals surface area contributed by atoms with Crippen LogP contribution in [-0.2, 0) is 4.74 Å². The van der Waals surface area contributed by atoms with Crippen molar-refractivity contribution >= 4 is 11.5 Å². The van der Waals surface area contributed by atoms with E-state index < -0.39 is 0 Å². The van der Waals surface area contributed by atoms with Gasteiger partial charge >= 0.3 is 0 Å². The highest BCUT2D eigenvalue weighted by Gasteiger charge is 2.15. The lowest BCUT2D eigenvalue weighted by Crippen LogP contribution is -2.35. The van der Waals surface area contributed by atoms with Gasteiger partial charge in [-0.3, -0.25) is 0 Å². The summed E-state index contributed by atoms with van der Waals surface area (Å²) in [5.74, 6) is 1.31. The molecule has 1 heterocycles. The number of nitrogens with zero attached hydrogens (tertiary/aromatic N) is 2. The van der Waals surface area contributed by atoms with E-state index in [1.165, 1.54) is 0 Å². The van der Waals surface area contributed by atoms with Gasteiger partial charge in [0, 0.05) is 25.8 Å². The van der Waals surface area contributed by atoms with E-state index in [2.05, 4.69) is 23.7 Å². The first-order chi connectivity index (χ1) is 8.10. The molecule has 0 aliphatic carbocycles. The van der Waals surface area contributed by atoms with Crippen LogP contribution in [0.25, 0.3) is 0 Å². The number of hydrogen-bond acceptors (Lipinski definition) is 5. The second-order valence-electron chi connectivity index (χ2n) is 4.05. The quantitative estimate of drug-likeness (QED) is 0.815. The average Bonchev–Trinajstić information content (AvgIpc) is 2.31. The highest BCUT2D eigenvalue weighted by molar-refractivity contribution is 5.64. The van der Waals surface area contributed by atoms with Crippen molar-refractivity contribution in [3.63, 3.8) is 0 Å². The van der Waals surface area contributed by atoms with Crippen molar-refractivity contribution < 1.29 is 9.47 Å². The van der Waals surface area contributed by atoms with Crippen LogP contribution in [0.2, 0.25) is 0 Å². The number of hydrogen-bond donors (Lipinski definition) is 1. The molecule has 5 heteroatoms. The number of ether oxygens (including phenoxy) is 2. The van der Waals surface area contributed by atoms with Gasteiger partial charge in [0.15, 0.2) is 5.82 Å². The lowest BCUT2D eigenvalue weighted by molar-refractivity contribution is 0.203. The van der Waals surface area contributed by atoms with Crippen molar-refractivity contribution in [2.75, 3.05) is 38.0 Å². The van der Waals surface area contributed by atoms with E-state index in [-0.39, 0.29) is 0 Å². The van der Waals surface area contributed by atoms with Crippen molar-refractivity contribution in [3.8, 4) is 5.88 Å². The lowest BCUT2D eigenvalue weighted by Gasteiger charge is -2.28. The summed E-state index contributed by atoms with van der Waals surface area (Å²) in [4.78, 5) is 6.49. The van der Waals surface area contributed by atoms with E-state index in [9.17, 15) is 0 Å². The molecule has 1 rings (SSSR count). The fourth-order valence-corrected chi connectivity index (χ4v) is 1.58. The number of anilines is 2. The largest absolute Gasteiger partial charge is 0.481 e. The van der Waals surface area contributed by atoms with E-state index >= 15 is 0 Å². The molecule has 0 radical (unpaired) electrons. The summed E-state index contributed by atoms with van der Waals surface area (Å²) >= 11 is 0. The second kappa shape index (κ2) is 6.30. The molecule has 0 saturated heterocycles. The molecule has 2 N–H and O–H groups in total. The van der Waals surface area contributed by atoms with Crippen LogP contribution in [0.3, 0.4) is 0 Å². The molecule has 0 spiro atoms. The second-order valence-corrected chi connectivity index (χ2v) is 4.05. The number of nitrogen functional groups attached to an aromatic ring is 1. The Morgan fingerprint density at radius 2 is 2.06 bits per heavy atom. The molecule has 0 atom stereocenters. The number of methoxy groups -OCH3 is 2. The molecule has 0 aromatic carbocycles. The number of nitrogens with two attached hydrogens (primary N) is 1. The molecule has 1 aromatic heterocycles. The summed E-state index contributed by atoms with van der Waals surface area (Å²) in [5.41, 5.74) is 6.60. The zero-order valence-electron chi connectivity index (χ0n) is 10.9. The summed E-state index contributed by atoms with van der Waals surface area (Å²) in [6.07, 6.45) is 0. The van der Waals surface area contributed by atoms with Gasteiger partial charge in [-0.1, -0.05) is 0 Å². The predicted octanol–water partition coefficient (Wildman–Crippen LogP) is 1.53. The molecule has 0 saturated carbocycles. The van der Waals surface area contributed by atoms with Crippen molar-refractivity contribution in [2.24, 2.45) is 0 Å². The molecule has 0 unspecified atom stereocenters. The SMILES string of the molecule is COCCN(c1nc(OC)ccc1N)C(C)C. The average molecular weight is 239 g/mol. The van der Waals surface area contributed by atoms with Crippen LogP contribution in [0, 0.1) is 0 Å². The van der Waals surface area contributed by atoms with Gasteiger partial charge in [0.05, 0.1) is 19.4 Å². The molecular formula is C12H21N3O2. The third-order valence-electron chi connectivity index (χ3n) is 2.52. The van der Waals surface area contributed by atoms with Crippen LogP contribution in [0.1, 0.15) is 13.8 Å². The Balaban J connectivity index is 2.99. The van der Waals surface area contributed by atoms with E-state index in [4.69, 9.17) is 15.2 Å². The lowest BCUT2D eigenvalue weighted by atomic mass is 10.2. The van der Waals surface area contributed by atoms with Crippen LogP contribution >= 0.6 is 0 Å². The van der Waals surface area contributed by atoms with Gasteiger partial charge in [-0.25, -0.2) is 0 Å². The molecule has 0 fully saturated rings. The van der Waals surface area contributed by atoms with E-state index in [0.717, 1.165) is 12.4 Å². The Bertz CT molecular complexity index is 356. The molecule has 5 nitrogen and oxygen atoms in total. The van der Waals surface area contributed by atoms with Crippen LogP contribution < -0.4 is 15.4 Å². The smallest absolute Gasteiger partial charge is 0.215 e. The molecule has 1 aromatic rings. The minimum Gasteiger partial charge on any atom is -0.481 e. The Hall–Kier alpha value is -1.49. The first-order valence-corrected chi connectivity index (χ1v) is 5.66. The highest BCUT2D eigenvalue weighted by Crippen LogP contribution is 2.25. The predicted molar refractivity (Wildman–Crippen MR) is 69.6 cm³/mol. The van der Waals surface area contributed by atoms with Gasteiger partial charge in [0.25, 0.3) is 0 Å². The van der Waals surface area contributed by atoms with Crippen molar-refractivity contribution in [3.05, 3.63) is 12.1 Å². The van der Waals surface area contributed by atoms with Gasteiger partial charge in [-0.15, -0.1) is 0 Å². The minimum atomic E-state index is 0.298. The minimum absolute atomic E-state index is 0.298. The normalized spacial score (nSPS) is 10.6. The fraction of sp³-hybridized carbons (Fsp3) is 0.583. The molecule has 0 bridgehead atoms. The Kier molecular flexibility index (Phi) is 5.03. The summed E-state index contributed by atoms with van der Waals surface area (Å²) in [6.45, 7) is 5.57. The van der Waals surface area contributed by atoms with Crippen LogP contribution in [0.15, 0.2) is 12.1 Å². The topological polar surface area (TPSA) is 60.6 Å². The first-order valence-electron chi connectivity index (χ1n) is 5.66. The van der Waals surface area contributed by atoms with Crippen molar-refractivity contribution in [1.82, 2.24) is 4.98 Å². The monoisotopic (exact) mass is 239 g/mol. The van der Waals surface area contributed by atoms with E-state index in [0.29, 0.717) is 24.2 Å². The van der Waals surface area contributed by atoms with Crippen LogP contribution in [-0.4, -0.2) is 38.4 Å². The molecule has 17 heavy (non-hydrogen) atoms. The van der Waals surface area contributed by atoms with Gasteiger partial charge in [0.2, 0.25) is 5.88 Å². The van der Waals surface area contributed by atoms with Crippen molar-refractivity contribution in [2.45, 2.75) is 19.9 Å². The zero-order chi connectivity index (χ0) is 12.8. The van der Waals surface area contributed by atoms with E-state index in [1.807, 2.05) is 6.07 Å². The summed E-state index contributed by atoms with van der Waals surface area (Å²) in [5, 5.41) is 0. The highest BCUT2D eigenvalue weighted by atomic mass is 16.5. The molecule has 0 aliphatic heterocycles. The first kappa shape index (κ1) is 13.6. The zero-order valence-corrected chi connectivity index (χ0v) is 10.9. The molecular weight excluding hydrogens is 218 g/mol. The number of pyridine rings is 1. The third kappa shape index (κ3) is 3.49. The summed E-state index contributed by atoms with van der Waals surface area (Å²) in [6, 6.07) is 3.86. The maximum absolute atomic E-state index is 5.95. The van der Waals surface area contributed by atoms with Crippen LogP contribution in [0.5, 0.6) is 5.88 Å². The Labute approximate surface area is 103 Å². The maximum atomic E-state index is 5.95. The van der Waals surface area contributed by atoms with Gasteiger partial charge in [-0.2, -0.15) is 4.98 Å². The summed E-state index contributed by atoms with van der Waals surface area (Å²) < 4.78 is 10.2. The molecule has 0 aliphatic rings. The Morgan fingerprint density at radius 1 is 1.35 bits per heavy atom. The number of rotatable bonds is 6. The van der Waals surface area contributed by atoms with Gasteiger partial charge < -0.3 is 20.1 Å². The molecule has 0 amide bonds. The number of aromatic nitrogens is 1.